The van der Waals surface area contributed by atoms with Crippen LogP contribution in [-0.4, -0.2) is 122 Å². The molecule has 378 valence electrons. The molecule has 2 aliphatic heterocycles. The van der Waals surface area contributed by atoms with Crippen LogP contribution in [0.1, 0.15) is 71.9 Å². The number of ether oxygens (including phenoxy) is 1. The zero-order valence-corrected chi connectivity index (χ0v) is 41.3. The zero-order chi connectivity index (χ0) is 51.1. The summed E-state index contributed by atoms with van der Waals surface area (Å²) in [7, 11) is 2.71. The lowest BCUT2D eigenvalue weighted by molar-refractivity contribution is -0.137. The second-order valence-electron chi connectivity index (χ2n) is 19.0. The molecular weight excluding hydrogens is 937 g/mol. The fraction of sp³-hybridized carbons (Fsp3) is 0.286. The lowest BCUT2D eigenvalue weighted by Gasteiger charge is -2.31. The Morgan fingerprint density at radius 1 is 0.649 bits per heavy atom. The molecule has 1 unspecified atom stereocenters. The van der Waals surface area contributed by atoms with Crippen molar-refractivity contribution in [3.05, 3.63) is 181 Å². The highest BCUT2D eigenvalue weighted by Crippen LogP contribution is 2.35. The fourth-order valence-electron chi connectivity index (χ4n) is 10.1. The quantitative estimate of drug-likeness (QED) is 0.0688. The van der Waals surface area contributed by atoms with Gasteiger partial charge < -0.3 is 44.1 Å². The van der Waals surface area contributed by atoms with Crippen LogP contribution in [-0.2, 0) is 40.3 Å². The molecule has 2 fully saturated rings. The molecule has 0 aliphatic carbocycles. The maximum atomic E-state index is 14.3. The van der Waals surface area contributed by atoms with E-state index < -0.39 is 24.3 Å². The molecule has 2 aliphatic rings. The number of likely N-dealkylation sites (tertiary alicyclic amines) is 2. The summed E-state index contributed by atoms with van der Waals surface area (Å²) < 4.78 is 8.81. The number of H-pyrrole nitrogens is 2. The topological polar surface area (TPSA) is 212 Å². The Kier molecular flexibility index (Phi) is 14.4. The van der Waals surface area contributed by atoms with Crippen molar-refractivity contribution in [2.24, 2.45) is 0 Å². The number of methoxy groups -OCH3 is 1. The summed E-state index contributed by atoms with van der Waals surface area (Å²) in [5.74, 6) is 0.830. The second-order valence-corrected chi connectivity index (χ2v) is 19.0. The third-order valence-electron chi connectivity index (χ3n) is 14.1. The van der Waals surface area contributed by atoms with E-state index in [-0.39, 0.29) is 36.7 Å². The molecule has 4 aromatic heterocycles. The molecule has 18 nitrogen and oxygen atoms in total. The summed E-state index contributed by atoms with van der Waals surface area (Å²) in [5.41, 5.74) is 9.10. The molecule has 0 radical (unpaired) electrons. The Morgan fingerprint density at radius 3 is 1.58 bits per heavy atom. The molecule has 6 heterocycles. The first-order valence-electron chi connectivity index (χ1n) is 24.9. The van der Waals surface area contributed by atoms with Crippen molar-refractivity contribution in [2.45, 2.75) is 75.8 Å². The molecule has 74 heavy (non-hydrogen) atoms. The maximum absolute atomic E-state index is 14.3. The highest BCUT2D eigenvalue weighted by Gasteiger charge is 2.39. The van der Waals surface area contributed by atoms with Gasteiger partial charge in [0.05, 0.1) is 67.0 Å². The van der Waals surface area contributed by atoms with E-state index in [2.05, 4.69) is 49.5 Å². The molecule has 2 saturated heterocycles. The van der Waals surface area contributed by atoms with E-state index >= 15 is 0 Å². The van der Waals surface area contributed by atoms with Crippen LogP contribution in [0.4, 0.5) is 9.59 Å². The van der Waals surface area contributed by atoms with E-state index in [1.165, 1.54) is 14.2 Å². The average molecular weight is 995 g/mol. The molecule has 4 aromatic carbocycles. The minimum atomic E-state index is -1.18. The Balaban J connectivity index is 0.770. The number of imidazole rings is 4. The highest BCUT2D eigenvalue weighted by atomic mass is 16.5. The van der Waals surface area contributed by atoms with Crippen LogP contribution in [0.2, 0.25) is 0 Å². The van der Waals surface area contributed by atoms with Crippen molar-refractivity contribution in [3.8, 4) is 33.6 Å². The minimum absolute atomic E-state index is 0.143. The Morgan fingerprint density at radius 2 is 1.11 bits per heavy atom. The summed E-state index contributed by atoms with van der Waals surface area (Å²) in [6.07, 6.45) is 12.2. The number of likely N-dealkylation sites (N-methyl/N-ethyl adjacent to an activating group) is 1. The number of aromatic nitrogens is 8. The number of alkyl carbamates (subject to hydrolysis) is 1. The minimum Gasteiger partial charge on any atom is -0.465 e. The second kappa shape index (κ2) is 21.9. The zero-order valence-electron chi connectivity index (χ0n) is 41.3. The van der Waals surface area contributed by atoms with E-state index in [1.807, 2.05) is 106 Å². The van der Waals surface area contributed by atoms with Gasteiger partial charge in [-0.25, -0.2) is 29.5 Å². The van der Waals surface area contributed by atoms with Crippen molar-refractivity contribution < 1.29 is 29.0 Å². The Bertz CT molecular complexity index is 3200. The number of carbonyl (C=O) groups excluding carboxylic acids is 3. The predicted molar refractivity (Wildman–Crippen MR) is 276 cm³/mol. The maximum Gasteiger partial charge on any atom is 0.407 e. The van der Waals surface area contributed by atoms with Gasteiger partial charge in [-0.3, -0.25) is 14.5 Å². The van der Waals surface area contributed by atoms with Crippen molar-refractivity contribution >= 4 is 24.0 Å². The number of benzene rings is 4. The van der Waals surface area contributed by atoms with Gasteiger partial charge >= 0.3 is 12.2 Å². The first-order chi connectivity index (χ1) is 36.1. The summed E-state index contributed by atoms with van der Waals surface area (Å²) in [6.45, 7) is 2.26. The van der Waals surface area contributed by atoms with Gasteiger partial charge in [-0.2, -0.15) is 0 Å². The number of amides is 4. The lowest BCUT2D eigenvalue weighted by Crippen LogP contribution is -2.50. The molecule has 0 spiro atoms. The number of hydrogen-bond donors (Lipinski definition) is 4. The van der Waals surface area contributed by atoms with Crippen LogP contribution in [0.3, 0.4) is 0 Å². The van der Waals surface area contributed by atoms with E-state index in [0.717, 1.165) is 68.9 Å². The Hall–Kier alpha value is -8.80. The number of hydrogen-bond acceptors (Lipinski definition) is 9. The van der Waals surface area contributed by atoms with Gasteiger partial charge in [0.15, 0.2) is 0 Å². The summed E-state index contributed by atoms with van der Waals surface area (Å²) in [4.78, 5) is 83.3. The van der Waals surface area contributed by atoms with E-state index in [0.29, 0.717) is 55.6 Å². The first kappa shape index (κ1) is 48.8. The van der Waals surface area contributed by atoms with Gasteiger partial charge in [-0.05, 0) is 59.1 Å². The van der Waals surface area contributed by atoms with Crippen LogP contribution in [0, 0.1) is 0 Å². The third-order valence-corrected chi connectivity index (χ3v) is 14.1. The van der Waals surface area contributed by atoms with Crippen molar-refractivity contribution in [1.29, 1.82) is 0 Å². The van der Waals surface area contributed by atoms with E-state index in [1.54, 1.807) is 34.8 Å². The summed E-state index contributed by atoms with van der Waals surface area (Å²) >= 11 is 0. The van der Waals surface area contributed by atoms with Gasteiger partial charge in [0.2, 0.25) is 11.8 Å². The molecular formula is C56H58N12O6. The van der Waals surface area contributed by atoms with Crippen molar-refractivity contribution in [3.63, 3.8) is 0 Å². The number of rotatable bonds is 17. The Labute approximate surface area is 428 Å². The molecule has 4 atom stereocenters. The van der Waals surface area contributed by atoms with Gasteiger partial charge in [-0.1, -0.05) is 109 Å². The number of aromatic amines is 2. The predicted octanol–water partition coefficient (Wildman–Crippen LogP) is 8.14. The molecule has 0 saturated carbocycles. The molecule has 4 N–H and O–H groups in total. The first-order valence-corrected chi connectivity index (χ1v) is 24.9. The number of carboxylic acid groups (broad SMARTS) is 1. The van der Waals surface area contributed by atoms with E-state index in [4.69, 9.17) is 14.7 Å². The van der Waals surface area contributed by atoms with Crippen LogP contribution in [0.15, 0.2) is 147 Å². The van der Waals surface area contributed by atoms with Gasteiger partial charge in [0, 0.05) is 58.5 Å². The highest BCUT2D eigenvalue weighted by molar-refractivity contribution is 5.87. The van der Waals surface area contributed by atoms with Crippen LogP contribution < -0.4 is 5.32 Å². The van der Waals surface area contributed by atoms with Gasteiger partial charge in [0.25, 0.3) is 0 Å². The molecule has 18 heteroatoms. The summed E-state index contributed by atoms with van der Waals surface area (Å²) in [6, 6.07) is 33.9. The largest absolute Gasteiger partial charge is 0.465 e. The molecule has 10 rings (SSSR count). The van der Waals surface area contributed by atoms with E-state index in [9.17, 15) is 24.3 Å². The van der Waals surface area contributed by atoms with Crippen LogP contribution in [0.25, 0.3) is 33.6 Å². The SMILES string of the molecule is COC(=O)N[C@@H](Cc1cn(Cc2ccccc2)cn1)C(=O)N1CCCC1c1ncc(-c2ccc(-c3ccc(-c4cnc([C@@H]5CCCN5C(=O)[C@H](Cc5cn(Cc6ccccc6)cn5)N(C)C(=O)O)[nH]4)cc3)cc2)[nH]1. The normalized spacial score (nSPS) is 16.2. The van der Waals surface area contributed by atoms with Gasteiger partial charge in [-0.15, -0.1) is 0 Å². The third kappa shape index (κ3) is 11.0. The average Bonchev–Trinajstić information content (AvgIpc) is 4.31. The van der Waals surface area contributed by atoms with Crippen molar-refractivity contribution in [2.75, 3.05) is 27.2 Å². The van der Waals surface area contributed by atoms with Gasteiger partial charge in [0.1, 0.15) is 23.7 Å². The number of nitrogens with one attached hydrogen (secondary N) is 3. The number of carbonyl (C=O) groups is 4. The smallest absolute Gasteiger partial charge is 0.407 e. The van der Waals surface area contributed by atoms with Crippen LogP contribution in [0.5, 0.6) is 0 Å². The summed E-state index contributed by atoms with van der Waals surface area (Å²) in [5, 5.41) is 12.8. The van der Waals surface area contributed by atoms with Crippen molar-refractivity contribution in [1.82, 2.24) is 59.1 Å². The van der Waals surface area contributed by atoms with Crippen LogP contribution >= 0.6 is 0 Å². The fourth-order valence-corrected chi connectivity index (χ4v) is 10.1. The molecule has 8 aromatic rings. The molecule has 4 amide bonds. The lowest BCUT2D eigenvalue weighted by atomic mass is 10.0. The molecule has 0 bridgehead atoms. The standard InChI is InChI=1S/C56H58N12O6/c1-64(56(72)73)50(28-44-34-66(36-60-44)32-38-13-7-4-8-14-38)54(70)68-26-10-16-49(68)52-58-30-47(62-52)42-23-19-40(20-24-42)39-17-21-41(22-18-39)46-29-57-51(61-46)48-15-9-25-67(48)53(69)45(63-55(71)74-2)27-43-33-65(35-59-43)31-37-11-5-3-6-12-37/h3-8,11-14,17-24,29-30,33-36,45,48-50H,9-10,15-16,25-28,31-32H2,1-2H3,(H,57,61)(H,58,62)(H,63,71)(H,72,73)/t45-,48?,49-,50-/m0/s1. The number of nitrogens with zero attached hydrogens (tertiary/aromatic N) is 9. The monoisotopic (exact) mass is 994 g/mol.